The number of methoxy groups -OCH3 is 2. The monoisotopic (exact) mass is 470 g/mol. The molecule has 5 rings (SSSR count). The number of rotatable bonds is 7. The number of para-hydroxylation sites is 1. The maximum Gasteiger partial charge on any atom is 0.290 e. The van der Waals surface area contributed by atoms with Gasteiger partial charge >= 0.3 is 0 Å². The Kier molecular flexibility index (Phi) is 6.79. The Labute approximate surface area is 200 Å². The Hall–Kier alpha value is -2.58. The van der Waals surface area contributed by atoms with Crippen LogP contribution in [0, 0.1) is 5.92 Å². The first kappa shape index (κ1) is 23.2. The number of hydrogen-bond donors (Lipinski definition) is 0. The number of nitrogens with zero attached hydrogens (tertiary/aromatic N) is 2. The summed E-state index contributed by atoms with van der Waals surface area (Å²) in [6.45, 7) is 4.70. The highest BCUT2D eigenvalue weighted by Gasteiger charge is 2.52. The number of hydrogen-bond acceptors (Lipinski definition) is 7. The van der Waals surface area contributed by atoms with E-state index in [0.717, 1.165) is 70.5 Å². The number of ether oxygens (including phenoxy) is 4. The summed E-state index contributed by atoms with van der Waals surface area (Å²) in [7, 11) is 3.18. The van der Waals surface area contributed by atoms with Crippen LogP contribution in [0.1, 0.15) is 43.7 Å². The Morgan fingerprint density at radius 2 is 1.82 bits per heavy atom. The average molecular weight is 471 g/mol. The fourth-order valence-electron chi connectivity index (χ4n) is 5.86. The number of carbonyl (C=O) groups is 2. The SMILES string of the molecule is COc1cccc(C2C3=C(OC4CCCCC4C3=O)C(=O)N2CCCN2CCOCC2)c1OC. The van der Waals surface area contributed by atoms with E-state index in [1.54, 1.807) is 19.1 Å². The van der Waals surface area contributed by atoms with Crippen LogP contribution in [0.4, 0.5) is 0 Å². The van der Waals surface area contributed by atoms with E-state index < -0.39 is 6.04 Å². The van der Waals surface area contributed by atoms with Crippen LogP contribution in [-0.4, -0.2) is 81.2 Å². The van der Waals surface area contributed by atoms with Gasteiger partial charge in [-0.25, -0.2) is 0 Å². The van der Waals surface area contributed by atoms with Crippen LogP contribution < -0.4 is 9.47 Å². The summed E-state index contributed by atoms with van der Waals surface area (Å²) in [6.07, 6.45) is 4.30. The van der Waals surface area contributed by atoms with Crippen molar-refractivity contribution in [2.75, 3.05) is 53.6 Å². The molecule has 0 bridgehead atoms. The van der Waals surface area contributed by atoms with Crippen molar-refractivity contribution in [3.8, 4) is 11.5 Å². The van der Waals surface area contributed by atoms with E-state index in [1.165, 1.54) is 0 Å². The zero-order valence-corrected chi connectivity index (χ0v) is 20.1. The second kappa shape index (κ2) is 9.96. The standard InChI is InChI=1S/C26H34N2O6/c1-31-20-10-5-8-18(24(20)32-2)22-21-23(29)17-7-3-4-9-19(17)34-25(21)26(30)28(22)12-6-11-27-13-15-33-16-14-27/h5,8,10,17,19,22H,3-4,6-7,9,11-16H2,1-2H3. The molecule has 2 fully saturated rings. The lowest BCUT2D eigenvalue weighted by molar-refractivity contribution is -0.135. The van der Waals surface area contributed by atoms with Gasteiger partial charge in [0.15, 0.2) is 23.0 Å². The normalized spacial score (nSPS) is 27.4. The lowest BCUT2D eigenvalue weighted by Gasteiger charge is -2.35. The van der Waals surface area contributed by atoms with E-state index in [4.69, 9.17) is 18.9 Å². The second-order valence-corrected chi connectivity index (χ2v) is 9.45. The first-order valence-corrected chi connectivity index (χ1v) is 12.4. The van der Waals surface area contributed by atoms with Gasteiger partial charge in [-0.05, 0) is 31.7 Å². The van der Waals surface area contributed by atoms with Gasteiger partial charge in [-0.1, -0.05) is 18.6 Å². The van der Waals surface area contributed by atoms with Crippen LogP contribution >= 0.6 is 0 Å². The third kappa shape index (κ3) is 4.07. The number of morpholine rings is 1. The third-order valence-corrected chi connectivity index (χ3v) is 7.56. The molecule has 184 valence electrons. The van der Waals surface area contributed by atoms with Crippen LogP contribution in [0.3, 0.4) is 0 Å². The molecule has 1 saturated heterocycles. The van der Waals surface area contributed by atoms with E-state index in [2.05, 4.69) is 4.90 Å². The number of carbonyl (C=O) groups excluding carboxylic acids is 2. The smallest absolute Gasteiger partial charge is 0.290 e. The van der Waals surface area contributed by atoms with Crippen molar-refractivity contribution in [2.24, 2.45) is 5.92 Å². The summed E-state index contributed by atoms with van der Waals surface area (Å²) < 4.78 is 23.0. The predicted octanol–water partition coefficient (Wildman–Crippen LogP) is 2.72. The molecular weight excluding hydrogens is 436 g/mol. The molecule has 1 saturated carbocycles. The molecule has 0 radical (unpaired) electrons. The number of benzene rings is 1. The van der Waals surface area contributed by atoms with Crippen molar-refractivity contribution in [1.29, 1.82) is 0 Å². The summed E-state index contributed by atoms with van der Waals surface area (Å²) in [4.78, 5) is 31.6. The van der Waals surface area contributed by atoms with Crippen molar-refractivity contribution >= 4 is 11.7 Å². The first-order valence-electron chi connectivity index (χ1n) is 12.4. The zero-order valence-electron chi connectivity index (χ0n) is 20.1. The van der Waals surface area contributed by atoms with E-state index in [9.17, 15) is 9.59 Å². The van der Waals surface area contributed by atoms with Crippen LogP contribution in [0.5, 0.6) is 11.5 Å². The molecule has 4 aliphatic rings. The van der Waals surface area contributed by atoms with Crippen molar-refractivity contribution in [3.05, 3.63) is 35.1 Å². The molecule has 3 heterocycles. The Morgan fingerprint density at radius 3 is 2.59 bits per heavy atom. The molecule has 1 aromatic rings. The molecule has 8 nitrogen and oxygen atoms in total. The van der Waals surface area contributed by atoms with E-state index in [-0.39, 0.29) is 29.5 Å². The minimum Gasteiger partial charge on any atom is -0.493 e. The summed E-state index contributed by atoms with van der Waals surface area (Å²) in [5, 5.41) is 0. The molecular formula is C26H34N2O6. The molecule has 34 heavy (non-hydrogen) atoms. The highest BCUT2D eigenvalue weighted by molar-refractivity contribution is 6.11. The van der Waals surface area contributed by atoms with Gasteiger partial charge in [0.05, 0.1) is 45.0 Å². The number of ketones is 1. The molecule has 3 aliphatic heterocycles. The van der Waals surface area contributed by atoms with Gasteiger partial charge in [-0.2, -0.15) is 0 Å². The molecule has 1 aliphatic carbocycles. The molecule has 1 amide bonds. The topological polar surface area (TPSA) is 77.5 Å². The maximum absolute atomic E-state index is 13.8. The molecule has 0 aromatic heterocycles. The fraction of sp³-hybridized carbons (Fsp3) is 0.615. The van der Waals surface area contributed by atoms with Crippen LogP contribution in [-0.2, 0) is 19.1 Å². The van der Waals surface area contributed by atoms with Crippen LogP contribution in [0.2, 0.25) is 0 Å². The van der Waals surface area contributed by atoms with Gasteiger partial charge < -0.3 is 23.8 Å². The second-order valence-electron chi connectivity index (χ2n) is 9.45. The number of fused-ring (bicyclic) bond motifs is 1. The van der Waals surface area contributed by atoms with Crippen molar-refractivity contribution in [3.63, 3.8) is 0 Å². The minimum absolute atomic E-state index is 0.0600. The molecule has 0 N–H and O–H groups in total. The average Bonchev–Trinajstić information content (AvgIpc) is 3.15. The highest BCUT2D eigenvalue weighted by Crippen LogP contribution is 2.49. The lowest BCUT2D eigenvalue weighted by atomic mass is 9.77. The molecule has 1 aromatic carbocycles. The number of amides is 1. The maximum atomic E-state index is 13.8. The van der Waals surface area contributed by atoms with Gasteiger partial charge in [-0.15, -0.1) is 0 Å². The molecule has 0 spiro atoms. The summed E-state index contributed by atoms with van der Waals surface area (Å²) in [5.41, 5.74) is 1.25. The van der Waals surface area contributed by atoms with Crippen molar-refractivity contribution in [1.82, 2.24) is 9.80 Å². The minimum atomic E-state index is -0.535. The van der Waals surface area contributed by atoms with Crippen molar-refractivity contribution < 1.29 is 28.5 Å². The van der Waals surface area contributed by atoms with E-state index in [1.807, 2.05) is 18.2 Å². The summed E-state index contributed by atoms with van der Waals surface area (Å²) in [6, 6.07) is 5.09. The largest absolute Gasteiger partial charge is 0.493 e. The van der Waals surface area contributed by atoms with Gasteiger partial charge in [0.25, 0.3) is 5.91 Å². The van der Waals surface area contributed by atoms with Crippen LogP contribution in [0.25, 0.3) is 0 Å². The van der Waals surface area contributed by atoms with Crippen LogP contribution in [0.15, 0.2) is 29.5 Å². The lowest BCUT2D eigenvalue weighted by Crippen LogP contribution is -2.39. The fourth-order valence-corrected chi connectivity index (χ4v) is 5.86. The van der Waals surface area contributed by atoms with Gasteiger partial charge in [0.2, 0.25) is 0 Å². The summed E-state index contributed by atoms with van der Waals surface area (Å²) >= 11 is 0. The zero-order chi connectivity index (χ0) is 23.7. The first-order chi connectivity index (χ1) is 16.6. The van der Waals surface area contributed by atoms with Gasteiger partial charge in [0, 0.05) is 31.7 Å². The molecule has 8 heteroatoms. The van der Waals surface area contributed by atoms with Crippen molar-refractivity contribution in [2.45, 2.75) is 44.2 Å². The van der Waals surface area contributed by atoms with E-state index >= 15 is 0 Å². The molecule has 3 unspecified atom stereocenters. The quantitative estimate of drug-likeness (QED) is 0.606. The van der Waals surface area contributed by atoms with E-state index in [0.29, 0.717) is 23.6 Å². The Morgan fingerprint density at radius 1 is 1.03 bits per heavy atom. The molecule has 3 atom stereocenters. The van der Waals surface area contributed by atoms with Gasteiger partial charge in [0.1, 0.15) is 6.10 Å². The Bertz CT molecular complexity index is 970. The van der Waals surface area contributed by atoms with Gasteiger partial charge in [-0.3, -0.25) is 14.5 Å². The highest BCUT2D eigenvalue weighted by atomic mass is 16.5. The third-order valence-electron chi connectivity index (χ3n) is 7.56. The number of Topliss-reactive ketones (excluding diaryl/α,β-unsaturated/α-hetero) is 1. The predicted molar refractivity (Wildman–Crippen MR) is 125 cm³/mol. The summed E-state index contributed by atoms with van der Waals surface area (Å²) in [5.74, 6) is 1.07. The Balaban J connectivity index is 1.49.